The molecular formula is C21H18N4O6S. The van der Waals surface area contributed by atoms with Crippen molar-refractivity contribution in [3.63, 3.8) is 0 Å². The Morgan fingerprint density at radius 3 is 2.25 bits per heavy atom. The van der Waals surface area contributed by atoms with Gasteiger partial charge in [0.1, 0.15) is 11.5 Å². The van der Waals surface area contributed by atoms with E-state index >= 15 is 0 Å². The van der Waals surface area contributed by atoms with Gasteiger partial charge in [-0.3, -0.25) is 24.2 Å². The molecule has 5 amide bonds. The van der Waals surface area contributed by atoms with Crippen LogP contribution in [-0.2, 0) is 14.4 Å². The molecule has 164 valence electrons. The fourth-order valence-corrected chi connectivity index (χ4v) is 3.97. The van der Waals surface area contributed by atoms with Crippen LogP contribution in [0.25, 0.3) is 10.2 Å². The number of carbonyl (C=O) groups is 4. The largest absolute Gasteiger partial charge is 0.497 e. The quantitative estimate of drug-likeness (QED) is 0.589. The first kappa shape index (κ1) is 21.2. The predicted molar refractivity (Wildman–Crippen MR) is 116 cm³/mol. The molecule has 4 rings (SSSR count). The molecule has 0 unspecified atom stereocenters. The lowest BCUT2D eigenvalue weighted by atomic mass is 10.0. The van der Waals surface area contributed by atoms with Crippen LogP contribution in [0.15, 0.2) is 42.5 Å². The van der Waals surface area contributed by atoms with Crippen molar-refractivity contribution >= 4 is 51.0 Å². The van der Waals surface area contributed by atoms with E-state index in [1.165, 1.54) is 25.4 Å². The summed E-state index contributed by atoms with van der Waals surface area (Å²) in [5.74, 6) is -2.97. The average molecular weight is 454 g/mol. The second kappa shape index (κ2) is 8.27. The molecule has 1 fully saturated rings. The zero-order valence-electron chi connectivity index (χ0n) is 17.3. The van der Waals surface area contributed by atoms with Crippen molar-refractivity contribution in [1.82, 2.24) is 14.8 Å². The second-order valence-electron chi connectivity index (χ2n) is 6.94. The van der Waals surface area contributed by atoms with Crippen LogP contribution in [0.1, 0.15) is 0 Å². The number of aromatic nitrogens is 1. The van der Waals surface area contributed by atoms with Crippen LogP contribution in [-0.4, -0.2) is 59.7 Å². The van der Waals surface area contributed by atoms with Crippen molar-refractivity contribution in [3.05, 3.63) is 42.5 Å². The third kappa shape index (κ3) is 3.85. The molecule has 11 heteroatoms. The van der Waals surface area contributed by atoms with E-state index in [1.54, 1.807) is 31.4 Å². The molecule has 3 aromatic rings. The lowest BCUT2D eigenvalue weighted by Gasteiger charge is -2.32. The Bertz CT molecular complexity index is 1210. The Labute approximate surface area is 186 Å². The molecular weight excluding hydrogens is 436 g/mol. The highest BCUT2D eigenvalue weighted by atomic mass is 32.1. The van der Waals surface area contributed by atoms with Crippen molar-refractivity contribution in [1.29, 1.82) is 0 Å². The maximum absolute atomic E-state index is 12.5. The molecule has 0 aliphatic carbocycles. The van der Waals surface area contributed by atoms with Crippen LogP contribution in [0.3, 0.4) is 0 Å². The lowest BCUT2D eigenvalue weighted by Crippen LogP contribution is -2.59. The van der Waals surface area contributed by atoms with Gasteiger partial charge in [-0.25, -0.2) is 9.78 Å². The minimum absolute atomic E-state index is 0.360. The number of amides is 5. The number of imide groups is 2. The standard InChI is InChI=1S/C21H18N4O6S/c1-24-18(27)16(19(28)25(2)21(24)29)17(26)22-11-4-6-12(7-5-11)31-20-23-14-9-8-13(30-3)10-15(14)32-20/h4-10,16H,1-3H3,(H,22,26). The summed E-state index contributed by atoms with van der Waals surface area (Å²) in [7, 11) is 4.03. The number of barbiturate groups is 1. The fourth-order valence-electron chi connectivity index (χ4n) is 3.11. The first-order valence-corrected chi connectivity index (χ1v) is 10.2. The molecule has 1 aromatic heterocycles. The SMILES string of the molecule is COc1ccc2nc(Oc3ccc(NC(=O)C4C(=O)N(C)C(=O)N(C)C4=O)cc3)sc2c1. The number of carbonyl (C=O) groups excluding carboxylic acids is 4. The first-order valence-electron chi connectivity index (χ1n) is 9.41. The van der Waals surface area contributed by atoms with E-state index in [0.29, 0.717) is 16.6 Å². The van der Waals surface area contributed by atoms with Gasteiger partial charge >= 0.3 is 6.03 Å². The maximum atomic E-state index is 12.5. The van der Waals surface area contributed by atoms with Crippen molar-refractivity contribution in [2.24, 2.45) is 5.92 Å². The summed E-state index contributed by atoms with van der Waals surface area (Å²) in [6, 6.07) is 11.1. The van der Waals surface area contributed by atoms with Gasteiger partial charge in [0.15, 0.2) is 5.92 Å². The highest BCUT2D eigenvalue weighted by Gasteiger charge is 2.46. The number of rotatable bonds is 5. The lowest BCUT2D eigenvalue weighted by molar-refractivity contribution is -0.151. The van der Waals surface area contributed by atoms with Gasteiger partial charge in [-0.05, 0) is 42.5 Å². The van der Waals surface area contributed by atoms with Gasteiger partial charge in [0.2, 0.25) is 5.91 Å². The number of hydrogen-bond acceptors (Lipinski definition) is 8. The van der Waals surface area contributed by atoms with E-state index in [2.05, 4.69) is 10.3 Å². The molecule has 1 saturated heterocycles. The summed E-state index contributed by atoms with van der Waals surface area (Å²) < 4.78 is 11.9. The topological polar surface area (TPSA) is 118 Å². The number of fused-ring (bicyclic) bond motifs is 1. The van der Waals surface area contributed by atoms with Crippen molar-refractivity contribution < 1.29 is 28.7 Å². The third-order valence-electron chi connectivity index (χ3n) is 4.89. The van der Waals surface area contributed by atoms with Crippen LogP contribution >= 0.6 is 11.3 Å². The van der Waals surface area contributed by atoms with Gasteiger partial charge in [-0.15, -0.1) is 0 Å². The van der Waals surface area contributed by atoms with Crippen LogP contribution < -0.4 is 14.8 Å². The second-order valence-corrected chi connectivity index (χ2v) is 7.93. The molecule has 2 aromatic carbocycles. The van der Waals surface area contributed by atoms with E-state index in [9.17, 15) is 19.2 Å². The molecule has 1 aliphatic rings. The summed E-state index contributed by atoms with van der Waals surface area (Å²) in [5.41, 5.74) is 1.14. The number of ether oxygens (including phenoxy) is 2. The molecule has 1 aliphatic heterocycles. The Balaban J connectivity index is 1.45. The summed E-state index contributed by atoms with van der Waals surface area (Å²) in [6.45, 7) is 0. The summed E-state index contributed by atoms with van der Waals surface area (Å²) in [4.78, 5) is 54.8. The Hall–Kier alpha value is -3.99. The maximum Gasteiger partial charge on any atom is 0.332 e. The van der Waals surface area contributed by atoms with Crippen molar-refractivity contribution in [2.45, 2.75) is 0 Å². The minimum atomic E-state index is -1.63. The molecule has 32 heavy (non-hydrogen) atoms. The van der Waals surface area contributed by atoms with E-state index in [-0.39, 0.29) is 0 Å². The highest BCUT2D eigenvalue weighted by Crippen LogP contribution is 2.33. The van der Waals surface area contributed by atoms with Crippen molar-refractivity contribution in [2.75, 3.05) is 26.5 Å². The molecule has 2 heterocycles. The Morgan fingerprint density at radius 1 is 1.00 bits per heavy atom. The van der Waals surface area contributed by atoms with Crippen molar-refractivity contribution in [3.8, 4) is 16.7 Å². The van der Waals surface area contributed by atoms with Gasteiger partial charge in [0.25, 0.3) is 17.0 Å². The molecule has 0 atom stereocenters. The average Bonchev–Trinajstić information content (AvgIpc) is 3.19. The predicted octanol–water partition coefficient (Wildman–Crippen LogP) is 2.70. The van der Waals surface area contributed by atoms with E-state index < -0.39 is 29.7 Å². The van der Waals surface area contributed by atoms with E-state index in [1.807, 2.05) is 18.2 Å². The first-order chi connectivity index (χ1) is 15.3. The third-order valence-corrected chi connectivity index (χ3v) is 5.79. The summed E-state index contributed by atoms with van der Waals surface area (Å²) >= 11 is 1.36. The number of methoxy groups -OCH3 is 1. The van der Waals surface area contributed by atoms with Gasteiger partial charge in [0, 0.05) is 19.8 Å². The van der Waals surface area contributed by atoms with Crippen LogP contribution in [0.2, 0.25) is 0 Å². The van der Waals surface area contributed by atoms with Crippen LogP contribution in [0, 0.1) is 5.92 Å². The van der Waals surface area contributed by atoms with E-state index in [4.69, 9.17) is 9.47 Å². The number of nitrogens with zero attached hydrogens (tertiary/aromatic N) is 3. The number of anilines is 1. The zero-order valence-corrected chi connectivity index (χ0v) is 18.1. The van der Waals surface area contributed by atoms with Gasteiger partial charge in [-0.1, -0.05) is 11.3 Å². The smallest absolute Gasteiger partial charge is 0.332 e. The van der Waals surface area contributed by atoms with Gasteiger partial charge in [-0.2, -0.15) is 0 Å². The molecule has 0 radical (unpaired) electrons. The molecule has 0 spiro atoms. The zero-order chi connectivity index (χ0) is 23.0. The number of nitrogens with one attached hydrogen (secondary N) is 1. The normalized spacial score (nSPS) is 14.8. The monoisotopic (exact) mass is 454 g/mol. The van der Waals surface area contributed by atoms with Gasteiger partial charge in [0.05, 0.1) is 17.3 Å². The highest BCUT2D eigenvalue weighted by molar-refractivity contribution is 7.20. The van der Waals surface area contributed by atoms with Crippen LogP contribution in [0.5, 0.6) is 16.7 Å². The molecule has 1 N–H and O–H groups in total. The van der Waals surface area contributed by atoms with Gasteiger partial charge < -0.3 is 14.8 Å². The number of urea groups is 1. The molecule has 0 bridgehead atoms. The number of benzene rings is 2. The van der Waals surface area contributed by atoms with E-state index in [0.717, 1.165) is 25.8 Å². The van der Waals surface area contributed by atoms with Crippen LogP contribution in [0.4, 0.5) is 10.5 Å². The Kier molecular flexibility index (Phi) is 5.49. The summed E-state index contributed by atoms with van der Waals surface area (Å²) in [5, 5.41) is 2.97. The number of hydrogen-bond donors (Lipinski definition) is 1. The fraction of sp³-hybridized carbons (Fsp3) is 0.190. The summed E-state index contributed by atoms with van der Waals surface area (Å²) in [6.07, 6.45) is 0. The minimum Gasteiger partial charge on any atom is -0.497 e. The molecule has 0 saturated carbocycles. The molecule has 10 nitrogen and oxygen atoms in total. The Morgan fingerprint density at radius 2 is 1.62 bits per heavy atom. The number of thiazole rings is 1.